The zero-order chi connectivity index (χ0) is 14.7. The van der Waals surface area contributed by atoms with Crippen LogP contribution in [0.2, 0.25) is 0 Å². The topological polar surface area (TPSA) is 26.0 Å². The molecule has 3 aromatic rings. The predicted octanol–water partition coefficient (Wildman–Crippen LogP) is 4.55. The molecule has 3 aromatic carbocycles. The molecule has 0 saturated carbocycles. The van der Waals surface area contributed by atoms with Crippen molar-refractivity contribution in [3.63, 3.8) is 0 Å². The van der Waals surface area contributed by atoms with Crippen molar-refractivity contribution in [2.24, 2.45) is 5.73 Å². The highest BCUT2D eigenvalue weighted by atomic mass is 19.1. The summed E-state index contributed by atoms with van der Waals surface area (Å²) in [6.07, 6.45) is -0.596. The van der Waals surface area contributed by atoms with Crippen LogP contribution in [0.5, 0.6) is 0 Å². The summed E-state index contributed by atoms with van der Waals surface area (Å²) >= 11 is 0. The van der Waals surface area contributed by atoms with E-state index in [1.54, 1.807) is 0 Å². The molecule has 3 rings (SSSR count). The van der Waals surface area contributed by atoms with Gasteiger partial charge in [-0.05, 0) is 33.5 Å². The van der Waals surface area contributed by atoms with Crippen molar-refractivity contribution in [2.45, 2.75) is 19.1 Å². The summed E-state index contributed by atoms with van der Waals surface area (Å²) in [6, 6.07) is 21.7. The zero-order valence-corrected chi connectivity index (χ0v) is 11.8. The molecule has 0 aliphatic rings. The van der Waals surface area contributed by atoms with Crippen LogP contribution in [0.3, 0.4) is 0 Å². The average molecular weight is 279 g/mol. The van der Waals surface area contributed by atoms with E-state index in [9.17, 15) is 4.39 Å². The molecule has 1 nitrogen and oxygen atoms in total. The smallest absolute Gasteiger partial charge is 0.129 e. The van der Waals surface area contributed by atoms with Gasteiger partial charge in [0, 0.05) is 13.0 Å². The first-order valence-electron chi connectivity index (χ1n) is 7.17. The second-order valence-corrected chi connectivity index (χ2v) is 5.30. The number of hydrogen-bond donors (Lipinski definition) is 1. The Morgan fingerprint density at radius 3 is 2.19 bits per heavy atom. The summed E-state index contributed by atoms with van der Waals surface area (Å²) in [5, 5.41) is 2.22. The molecule has 0 bridgehead atoms. The van der Waals surface area contributed by atoms with Crippen molar-refractivity contribution in [1.29, 1.82) is 0 Å². The highest BCUT2D eigenvalue weighted by Crippen LogP contribution is 2.26. The van der Waals surface area contributed by atoms with E-state index in [-0.39, 0.29) is 0 Å². The van der Waals surface area contributed by atoms with Gasteiger partial charge in [-0.2, -0.15) is 0 Å². The van der Waals surface area contributed by atoms with Crippen molar-refractivity contribution >= 4 is 10.8 Å². The Labute approximate surface area is 124 Å². The molecule has 2 N–H and O–H groups in total. The molecule has 106 valence electrons. The molecular weight excluding hydrogens is 261 g/mol. The molecule has 0 aliphatic carbocycles. The normalized spacial score (nSPS) is 12.5. The van der Waals surface area contributed by atoms with Crippen molar-refractivity contribution in [3.05, 3.63) is 83.4 Å². The Morgan fingerprint density at radius 1 is 0.810 bits per heavy atom. The maximum absolute atomic E-state index is 14.5. The van der Waals surface area contributed by atoms with Gasteiger partial charge < -0.3 is 5.73 Å². The van der Waals surface area contributed by atoms with Crippen LogP contribution < -0.4 is 5.73 Å². The Bertz CT molecular complexity index is 734. The summed E-state index contributed by atoms with van der Waals surface area (Å²) in [6.45, 7) is 0.518. The van der Waals surface area contributed by atoms with Crippen molar-refractivity contribution in [3.8, 4) is 0 Å². The van der Waals surface area contributed by atoms with Gasteiger partial charge in [-0.15, -0.1) is 0 Å². The quantitative estimate of drug-likeness (QED) is 0.745. The third-order valence-corrected chi connectivity index (χ3v) is 3.81. The van der Waals surface area contributed by atoms with Crippen molar-refractivity contribution in [2.75, 3.05) is 0 Å². The van der Waals surface area contributed by atoms with Gasteiger partial charge in [-0.25, -0.2) is 4.39 Å². The fraction of sp³-hybridized carbons (Fsp3) is 0.158. The Morgan fingerprint density at radius 2 is 1.48 bits per heavy atom. The van der Waals surface area contributed by atoms with Crippen LogP contribution in [-0.2, 0) is 13.0 Å². The number of halogens is 1. The maximum Gasteiger partial charge on any atom is 0.129 e. The number of hydrogen-bond acceptors (Lipinski definition) is 1. The average Bonchev–Trinajstić information content (AvgIpc) is 2.55. The van der Waals surface area contributed by atoms with Gasteiger partial charge in [0.15, 0.2) is 0 Å². The predicted molar refractivity (Wildman–Crippen MR) is 85.8 cm³/mol. The van der Waals surface area contributed by atoms with E-state index in [0.29, 0.717) is 13.0 Å². The van der Waals surface area contributed by atoms with Gasteiger partial charge in [0.25, 0.3) is 0 Å². The molecule has 0 amide bonds. The molecule has 0 fully saturated rings. The highest BCUT2D eigenvalue weighted by molar-refractivity contribution is 5.83. The standard InChI is InChI=1S/C19H18FN/c20-19(11-14-5-7-15(13-21)8-6-14)18-10-9-16-3-1-2-4-17(16)12-18/h1-10,12,19H,11,13,21H2. The van der Waals surface area contributed by atoms with Crippen LogP contribution in [0.4, 0.5) is 4.39 Å². The first-order valence-corrected chi connectivity index (χ1v) is 7.17. The van der Waals surface area contributed by atoms with E-state index in [2.05, 4.69) is 0 Å². The van der Waals surface area contributed by atoms with Crippen LogP contribution in [0.25, 0.3) is 10.8 Å². The van der Waals surface area contributed by atoms with E-state index in [0.717, 1.165) is 27.5 Å². The first kappa shape index (κ1) is 13.8. The lowest BCUT2D eigenvalue weighted by Gasteiger charge is -2.10. The monoisotopic (exact) mass is 279 g/mol. The Kier molecular flexibility index (Phi) is 3.98. The second kappa shape index (κ2) is 6.06. The van der Waals surface area contributed by atoms with Crippen LogP contribution in [0.15, 0.2) is 66.7 Å². The number of alkyl halides is 1. The molecule has 0 aliphatic heterocycles. The minimum atomic E-state index is -0.988. The lowest BCUT2D eigenvalue weighted by Crippen LogP contribution is -1.99. The maximum atomic E-state index is 14.5. The number of nitrogens with two attached hydrogens (primary N) is 1. The van der Waals surface area contributed by atoms with Crippen molar-refractivity contribution < 1.29 is 4.39 Å². The van der Waals surface area contributed by atoms with Crippen LogP contribution in [0, 0.1) is 0 Å². The molecule has 1 atom stereocenters. The molecule has 2 heteroatoms. The summed E-state index contributed by atoms with van der Waals surface area (Å²) in [4.78, 5) is 0. The van der Waals surface area contributed by atoms with E-state index >= 15 is 0 Å². The van der Waals surface area contributed by atoms with Gasteiger partial charge in [0.2, 0.25) is 0 Å². The Hall–Kier alpha value is -2.19. The Balaban J connectivity index is 1.80. The van der Waals surface area contributed by atoms with Gasteiger partial charge in [-0.1, -0.05) is 60.7 Å². The zero-order valence-electron chi connectivity index (χ0n) is 11.8. The summed E-state index contributed by atoms with van der Waals surface area (Å²) in [5.41, 5.74) is 8.37. The van der Waals surface area contributed by atoms with E-state index in [1.165, 1.54) is 0 Å². The van der Waals surface area contributed by atoms with Crippen LogP contribution in [0.1, 0.15) is 22.9 Å². The molecule has 0 aromatic heterocycles. The molecular formula is C19H18FN. The van der Waals surface area contributed by atoms with Gasteiger partial charge in [0.05, 0.1) is 0 Å². The first-order chi connectivity index (χ1) is 10.3. The third kappa shape index (κ3) is 3.11. The molecule has 1 unspecified atom stereocenters. The molecule has 21 heavy (non-hydrogen) atoms. The summed E-state index contributed by atoms with van der Waals surface area (Å²) < 4.78 is 14.5. The minimum absolute atomic E-state index is 0.392. The fourth-order valence-corrected chi connectivity index (χ4v) is 2.54. The molecule has 0 radical (unpaired) electrons. The summed E-state index contributed by atoms with van der Waals surface area (Å²) in [5.74, 6) is 0. The number of benzene rings is 3. The van der Waals surface area contributed by atoms with Gasteiger partial charge >= 0.3 is 0 Å². The minimum Gasteiger partial charge on any atom is -0.326 e. The van der Waals surface area contributed by atoms with E-state index in [1.807, 2.05) is 66.7 Å². The van der Waals surface area contributed by atoms with Gasteiger partial charge in [0.1, 0.15) is 6.17 Å². The molecule has 0 saturated heterocycles. The highest BCUT2D eigenvalue weighted by Gasteiger charge is 2.11. The third-order valence-electron chi connectivity index (χ3n) is 3.81. The van der Waals surface area contributed by atoms with Crippen LogP contribution >= 0.6 is 0 Å². The van der Waals surface area contributed by atoms with E-state index < -0.39 is 6.17 Å². The largest absolute Gasteiger partial charge is 0.326 e. The number of rotatable bonds is 4. The lowest BCUT2D eigenvalue weighted by molar-refractivity contribution is 0.342. The van der Waals surface area contributed by atoms with Crippen LogP contribution in [-0.4, -0.2) is 0 Å². The molecule has 0 heterocycles. The second-order valence-electron chi connectivity index (χ2n) is 5.30. The molecule has 0 spiro atoms. The van der Waals surface area contributed by atoms with E-state index in [4.69, 9.17) is 5.73 Å². The fourth-order valence-electron chi connectivity index (χ4n) is 2.54. The number of fused-ring (bicyclic) bond motifs is 1. The SMILES string of the molecule is NCc1ccc(CC(F)c2ccc3ccccc3c2)cc1. The summed E-state index contributed by atoms with van der Waals surface area (Å²) in [7, 11) is 0. The van der Waals surface area contributed by atoms with Crippen molar-refractivity contribution in [1.82, 2.24) is 0 Å². The lowest BCUT2D eigenvalue weighted by atomic mass is 9.99. The van der Waals surface area contributed by atoms with Gasteiger partial charge in [-0.3, -0.25) is 0 Å².